The Morgan fingerprint density at radius 1 is 1.35 bits per heavy atom. The lowest BCUT2D eigenvalue weighted by Crippen LogP contribution is -2.01. The number of para-hydroxylation sites is 1. The number of H-pyrrole nitrogens is 1. The molecule has 0 aliphatic heterocycles. The molecule has 2 heterocycles. The highest BCUT2D eigenvalue weighted by atomic mass is 32.1. The summed E-state index contributed by atoms with van der Waals surface area (Å²) in [6.45, 7) is 2.78. The molecule has 5 heteroatoms. The molecule has 0 aliphatic carbocycles. The molecule has 3 rings (SSSR count). The summed E-state index contributed by atoms with van der Waals surface area (Å²) in [5.74, 6) is 0.804. The molecule has 0 atom stereocenters. The number of ether oxygens (including phenoxy) is 1. The summed E-state index contributed by atoms with van der Waals surface area (Å²) in [5.41, 5.74) is 4.35. The highest BCUT2D eigenvalue weighted by Gasteiger charge is 2.09. The van der Waals surface area contributed by atoms with E-state index in [2.05, 4.69) is 21.5 Å². The smallest absolute Gasteiger partial charge is 0.178 e. The van der Waals surface area contributed by atoms with Gasteiger partial charge in [0.2, 0.25) is 0 Å². The lowest BCUT2D eigenvalue weighted by atomic mass is 10.1. The molecule has 0 spiro atoms. The molecular weight excluding hydrogens is 270 g/mol. The van der Waals surface area contributed by atoms with E-state index in [4.69, 9.17) is 17.0 Å². The van der Waals surface area contributed by atoms with Crippen LogP contribution < -0.4 is 4.74 Å². The molecule has 0 saturated carbocycles. The van der Waals surface area contributed by atoms with Gasteiger partial charge in [-0.3, -0.25) is 4.98 Å². The van der Waals surface area contributed by atoms with Gasteiger partial charge in [0, 0.05) is 12.4 Å². The van der Waals surface area contributed by atoms with E-state index in [0.29, 0.717) is 4.77 Å². The first-order valence-electron chi connectivity index (χ1n) is 6.35. The van der Waals surface area contributed by atoms with Gasteiger partial charge < -0.3 is 14.3 Å². The summed E-state index contributed by atoms with van der Waals surface area (Å²) in [6.07, 6.45) is 3.68. The maximum absolute atomic E-state index is 5.44. The minimum absolute atomic E-state index is 0.695. The third-order valence-corrected chi connectivity index (χ3v) is 3.78. The second-order valence-corrected chi connectivity index (χ2v) is 5.06. The van der Waals surface area contributed by atoms with Gasteiger partial charge in [0.05, 0.1) is 19.2 Å². The molecule has 3 aromatic rings. The van der Waals surface area contributed by atoms with Gasteiger partial charge in [-0.1, -0.05) is 6.07 Å². The number of nitrogens with zero attached hydrogens (tertiary/aromatic N) is 2. The molecule has 0 bridgehead atoms. The van der Waals surface area contributed by atoms with Crippen LogP contribution in [-0.2, 0) is 6.54 Å². The first kappa shape index (κ1) is 12.9. The van der Waals surface area contributed by atoms with Crippen molar-refractivity contribution in [1.29, 1.82) is 0 Å². The van der Waals surface area contributed by atoms with Crippen LogP contribution in [0.2, 0.25) is 0 Å². The molecule has 102 valence electrons. The first-order valence-corrected chi connectivity index (χ1v) is 6.76. The van der Waals surface area contributed by atoms with Crippen LogP contribution in [0.25, 0.3) is 11.0 Å². The molecule has 0 fully saturated rings. The molecular formula is C15H15N3OS. The SMILES string of the molecule is COc1cccc2c1[nH]c(=S)n2Cc1ccncc1C. The van der Waals surface area contributed by atoms with E-state index in [1.54, 1.807) is 13.3 Å². The van der Waals surface area contributed by atoms with Crippen molar-refractivity contribution in [1.82, 2.24) is 14.5 Å². The van der Waals surface area contributed by atoms with Crippen molar-refractivity contribution in [2.24, 2.45) is 0 Å². The average molecular weight is 285 g/mol. The van der Waals surface area contributed by atoms with Crippen molar-refractivity contribution in [2.75, 3.05) is 7.11 Å². The van der Waals surface area contributed by atoms with Crippen LogP contribution in [0.4, 0.5) is 0 Å². The van der Waals surface area contributed by atoms with Gasteiger partial charge in [0.15, 0.2) is 4.77 Å². The number of hydrogen-bond donors (Lipinski definition) is 1. The van der Waals surface area contributed by atoms with E-state index in [0.717, 1.165) is 28.9 Å². The van der Waals surface area contributed by atoms with Gasteiger partial charge in [-0.05, 0) is 48.5 Å². The maximum atomic E-state index is 5.44. The summed E-state index contributed by atoms with van der Waals surface area (Å²) in [4.78, 5) is 7.35. The zero-order valence-electron chi connectivity index (χ0n) is 11.4. The summed E-state index contributed by atoms with van der Waals surface area (Å²) in [7, 11) is 1.66. The Kier molecular flexibility index (Phi) is 3.28. The fourth-order valence-electron chi connectivity index (χ4n) is 2.33. The van der Waals surface area contributed by atoms with Gasteiger partial charge >= 0.3 is 0 Å². The molecule has 1 N–H and O–H groups in total. The van der Waals surface area contributed by atoms with Gasteiger partial charge in [0.1, 0.15) is 11.3 Å². The van der Waals surface area contributed by atoms with Crippen LogP contribution in [0.15, 0.2) is 36.7 Å². The van der Waals surface area contributed by atoms with Crippen molar-refractivity contribution in [2.45, 2.75) is 13.5 Å². The van der Waals surface area contributed by atoms with Gasteiger partial charge in [0.25, 0.3) is 0 Å². The number of imidazole rings is 1. The lowest BCUT2D eigenvalue weighted by Gasteiger charge is -2.08. The van der Waals surface area contributed by atoms with E-state index >= 15 is 0 Å². The van der Waals surface area contributed by atoms with Crippen LogP contribution in [0.1, 0.15) is 11.1 Å². The van der Waals surface area contributed by atoms with Crippen LogP contribution in [0.5, 0.6) is 5.75 Å². The van der Waals surface area contributed by atoms with Crippen LogP contribution in [0, 0.1) is 11.7 Å². The van der Waals surface area contributed by atoms with Crippen LogP contribution >= 0.6 is 12.2 Å². The number of aryl methyl sites for hydroxylation is 1. The van der Waals surface area contributed by atoms with Crippen molar-refractivity contribution >= 4 is 23.3 Å². The Morgan fingerprint density at radius 3 is 2.95 bits per heavy atom. The Labute approximate surface area is 122 Å². The Hall–Kier alpha value is -2.14. The largest absolute Gasteiger partial charge is 0.494 e. The maximum Gasteiger partial charge on any atom is 0.178 e. The third-order valence-electron chi connectivity index (χ3n) is 3.46. The third kappa shape index (κ3) is 2.10. The number of rotatable bonds is 3. The highest BCUT2D eigenvalue weighted by molar-refractivity contribution is 7.71. The van der Waals surface area contributed by atoms with Gasteiger partial charge in [-0.2, -0.15) is 0 Å². The summed E-state index contributed by atoms with van der Waals surface area (Å²) in [6, 6.07) is 7.96. The second kappa shape index (κ2) is 5.09. The zero-order chi connectivity index (χ0) is 14.1. The molecule has 4 nitrogen and oxygen atoms in total. The van der Waals surface area contributed by atoms with E-state index in [9.17, 15) is 0 Å². The van der Waals surface area contributed by atoms with E-state index in [-0.39, 0.29) is 0 Å². The molecule has 1 aromatic carbocycles. The number of nitrogens with one attached hydrogen (secondary N) is 1. The standard InChI is InChI=1S/C15H15N3OS/c1-10-8-16-7-6-11(10)9-18-12-4-3-5-13(19-2)14(12)17-15(18)20/h3-8H,9H2,1-2H3,(H,17,20). The minimum Gasteiger partial charge on any atom is -0.494 e. The Morgan fingerprint density at radius 2 is 2.20 bits per heavy atom. The van der Waals surface area contributed by atoms with Crippen molar-refractivity contribution in [3.63, 3.8) is 0 Å². The second-order valence-electron chi connectivity index (χ2n) is 4.67. The predicted octanol–water partition coefficient (Wildman–Crippen LogP) is 3.46. The van der Waals surface area contributed by atoms with Gasteiger partial charge in [-0.15, -0.1) is 0 Å². The predicted molar refractivity (Wildman–Crippen MR) is 81.8 cm³/mol. The van der Waals surface area contributed by atoms with Gasteiger partial charge in [-0.25, -0.2) is 0 Å². The normalized spacial score (nSPS) is 10.9. The quantitative estimate of drug-likeness (QED) is 0.749. The number of pyridine rings is 1. The molecule has 0 saturated heterocycles. The van der Waals surface area contributed by atoms with Crippen molar-refractivity contribution in [3.8, 4) is 5.75 Å². The molecule has 20 heavy (non-hydrogen) atoms. The van der Waals surface area contributed by atoms with Crippen molar-refractivity contribution in [3.05, 3.63) is 52.6 Å². The fourth-order valence-corrected chi connectivity index (χ4v) is 2.60. The van der Waals surface area contributed by atoms with Crippen molar-refractivity contribution < 1.29 is 4.74 Å². The number of benzene rings is 1. The summed E-state index contributed by atoms with van der Waals surface area (Å²) < 4.78 is 8.14. The van der Waals surface area contributed by atoms with Crippen LogP contribution in [0.3, 0.4) is 0 Å². The summed E-state index contributed by atoms with van der Waals surface area (Å²) >= 11 is 5.44. The molecule has 0 radical (unpaired) electrons. The number of aromatic nitrogens is 3. The summed E-state index contributed by atoms with van der Waals surface area (Å²) in [5, 5.41) is 0. The zero-order valence-corrected chi connectivity index (χ0v) is 12.2. The van der Waals surface area contributed by atoms with E-state index in [1.165, 1.54) is 5.56 Å². The molecule has 2 aromatic heterocycles. The number of hydrogen-bond acceptors (Lipinski definition) is 3. The molecule has 0 unspecified atom stereocenters. The highest BCUT2D eigenvalue weighted by Crippen LogP contribution is 2.25. The first-order chi connectivity index (χ1) is 9.70. The number of fused-ring (bicyclic) bond motifs is 1. The Balaban J connectivity index is 2.15. The van der Waals surface area contributed by atoms with Crippen LogP contribution in [-0.4, -0.2) is 21.6 Å². The Bertz CT molecular complexity index is 819. The topological polar surface area (TPSA) is 42.8 Å². The molecule has 0 aliphatic rings. The fraction of sp³-hybridized carbons (Fsp3) is 0.200. The van der Waals surface area contributed by atoms with E-state index < -0.39 is 0 Å². The minimum atomic E-state index is 0.695. The number of aromatic amines is 1. The number of methoxy groups -OCH3 is 1. The molecule has 0 amide bonds. The average Bonchev–Trinajstić information content (AvgIpc) is 2.77. The monoisotopic (exact) mass is 285 g/mol. The lowest BCUT2D eigenvalue weighted by molar-refractivity contribution is 0.419. The van der Waals surface area contributed by atoms with E-state index in [1.807, 2.05) is 30.5 Å².